The van der Waals surface area contributed by atoms with E-state index >= 15 is 0 Å². The van der Waals surface area contributed by atoms with Crippen molar-refractivity contribution in [1.29, 1.82) is 0 Å². The molecule has 2 N–H and O–H groups in total. The van der Waals surface area contributed by atoms with Crippen molar-refractivity contribution in [2.75, 3.05) is 5.84 Å². The first-order valence-electron chi connectivity index (χ1n) is 6.47. The van der Waals surface area contributed by atoms with Gasteiger partial charge >= 0.3 is 0 Å². The molecule has 0 spiro atoms. The van der Waals surface area contributed by atoms with Gasteiger partial charge < -0.3 is 5.84 Å². The average Bonchev–Trinajstić information content (AvgIpc) is 2.86. The lowest BCUT2D eigenvalue weighted by molar-refractivity contribution is 0.628. The number of hydrogen-bond donors (Lipinski definition) is 1. The molecule has 2 aromatic carbocycles. The molecule has 0 aliphatic rings. The van der Waals surface area contributed by atoms with Gasteiger partial charge in [0, 0.05) is 16.3 Å². The maximum Gasteiger partial charge on any atom is 0.210 e. The van der Waals surface area contributed by atoms with Crippen molar-refractivity contribution in [2.24, 2.45) is 0 Å². The quantitative estimate of drug-likeness (QED) is 0.583. The third-order valence-electron chi connectivity index (χ3n) is 3.00. The van der Waals surface area contributed by atoms with E-state index in [1.807, 2.05) is 24.3 Å². The van der Waals surface area contributed by atoms with Crippen LogP contribution in [0.4, 0.5) is 4.39 Å². The van der Waals surface area contributed by atoms with Gasteiger partial charge in [0.05, 0.1) is 0 Å². The maximum atomic E-state index is 13.3. The summed E-state index contributed by atoms with van der Waals surface area (Å²) in [6, 6.07) is 13.7. The minimum atomic E-state index is -0.339. The van der Waals surface area contributed by atoms with Crippen molar-refractivity contribution in [2.45, 2.75) is 10.9 Å². The topological polar surface area (TPSA) is 56.7 Å². The van der Waals surface area contributed by atoms with Crippen molar-refractivity contribution >= 4 is 23.4 Å². The predicted octanol–water partition coefficient (Wildman–Crippen LogP) is 3.74. The molecular formula is C15H12ClFN4S. The fourth-order valence-electron chi connectivity index (χ4n) is 1.97. The van der Waals surface area contributed by atoms with Gasteiger partial charge in [0.1, 0.15) is 5.82 Å². The van der Waals surface area contributed by atoms with Gasteiger partial charge in [-0.25, -0.2) is 9.07 Å². The molecule has 0 unspecified atom stereocenters. The first kappa shape index (κ1) is 14.9. The zero-order valence-electron chi connectivity index (χ0n) is 11.4. The molecule has 0 aliphatic heterocycles. The minimum Gasteiger partial charge on any atom is -0.335 e. The van der Waals surface area contributed by atoms with Crippen LogP contribution in [0.5, 0.6) is 0 Å². The van der Waals surface area contributed by atoms with Crippen LogP contribution in [0.3, 0.4) is 0 Å². The van der Waals surface area contributed by atoms with Crippen molar-refractivity contribution in [3.63, 3.8) is 0 Å². The van der Waals surface area contributed by atoms with Crippen LogP contribution in [0.15, 0.2) is 53.7 Å². The van der Waals surface area contributed by atoms with E-state index < -0.39 is 0 Å². The second-order valence-electron chi connectivity index (χ2n) is 4.61. The van der Waals surface area contributed by atoms with Crippen LogP contribution in [-0.4, -0.2) is 14.9 Å². The highest BCUT2D eigenvalue weighted by atomic mass is 35.5. The summed E-state index contributed by atoms with van der Waals surface area (Å²) in [6.45, 7) is 0. The second kappa shape index (κ2) is 6.37. The molecule has 7 heteroatoms. The molecule has 0 atom stereocenters. The number of halogens is 2. The first-order valence-corrected chi connectivity index (χ1v) is 7.83. The van der Waals surface area contributed by atoms with E-state index in [2.05, 4.69) is 10.2 Å². The molecule has 3 aromatic rings. The van der Waals surface area contributed by atoms with Gasteiger partial charge in [-0.2, -0.15) is 0 Å². The average molecular weight is 335 g/mol. The summed E-state index contributed by atoms with van der Waals surface area (Å²) < 4.78 is 14.6. The van der Waals surface area contributed by atoms with Crippen LogP contribution >= 0.6 is 23.4 Å². The van der Waals surface area contributed by atoms with Crippen molar-refractivity contribution in [3.8, 4) is 11.4 Å². The largest absolute Gasteiger partial charge is 0.335 e. The Morgan fingerprint density at radius 1 is 1.14 bits per heavy atom. The van der Waals surface area contributed by atoms with Crippen LogP contribution < -0.4 is 5.84 Å². The molecular weight excluding hydrogens is 323 g/mol. The van der Waals surface area contributed by atoms with Crippen molar-refractivity contribution < 1.29 is 4.39 Å². The molecule has 112 valence electrons. The number of nitrogens with two attached hydrogens (primary N) is 1. The van der Waals surface area contributed by atoms with Gasteiger partial charge in [0.25, 0.3) is 0 Å². The predicted molar refractivity (Wildman–Crippen MR) is 86.6 cm³/mol. The third-order valence-corrected chi connectivity index (χ3v) is 4.25. The second-order valence-corrected chi connectivity index (χ2v) is 5.98. The van der Waals surface area contributed by atoms with E-state index in [-0.39, 0.29) is 5.82 Å². The van der Waals surface area contributed by atoms with E-state index in [1.54, 1.807) is 12.1 Å². The summed E-state index contributed by atoms with van der Waals surface area (Å²) in [5.74, 6) is 6.75. The lowest BCUT2D eigenvalue weighted by Gasteiger charge is -2.04. The lowest BCUT2D eigenvalue weighted by atomic mass is 10.2. The van der Waals surface area contributed by atoms with Gasteiger partial charge in [-0.3, -0.25) is 0 Å². The monoisotopic (exact) mass is 334 g/mol. The number of aromatic nitrogens is 3. The summed E-state index contributed by atoms with van der Waals surface area (Å²) in [5.41, 5.74) is 1.65. The Morgan fingerprint density at radius 3 is 2.73 bits per heavy atom. The SMILES string of the molecule is Nn1c(SCc2cccc(Cl)c2)nnc1-c1cccc(F)c1. The summed E-state index contributed by atoms with van der Waals surface area (Å²) in [6.07, 6.45) is 0. The van der Waals surface area contributed by atoms with Crippen molar-refractivity contribution in [3.05, 3.63) is 64.9 Å². The number of nitrogen functional groups attached to an aromatic ring is 1. The van der Waals surface area contributed by atoms with Gasteiger partial charge in [-0.1, -0.05) is 47.6 Å². The van der Waals surface area contributed by atoms with Crippen LogP contribution in [0.25, 0.3) is 11.4 Å². The Kier molecular flexibility index (Phi) is 4.31. The van der Waals surface area contributed by atoms with Gasteiger partial charge in [-0.15, -0.1) is 10.2 Å². The minimum absolute atomic E-state index is 0.339. The van der Waals surface area contributed by atoms with Gasteiger partial charge in [0.15, 0.2) is 5.82 Å². The summed E-state index contributed by atoms with van der Waals surface area (Å²) >= 11 is 7.39. The van der Waals surface area contributed by atoms with Crippen molar-refractivity contribution in [1.82, 2.24) is 14.9 Å². The van der Waals surface area contributed by atoms with Crippen LogP contribution in [0, 0.1) is 5.82 Å². The number of rotatable bonds is 4. The highest BCUT2D eigenvalue weighted by Crippen LogP contribution is 2.25. The van der Waals surface area contributed by atoms with E-state index in [4.69, 9.17) is 17.4 Å². The van der Waals surface area contributed by atoms with E-state index in [1.165, 1.54) is 28.6 Å². The number of hydrogen-bond acceptors (Lipinski definition) is 4. The Bertz CT molecular complexity index is 806. The maximum absolute atomic E-state index is 13.3. The zero-order valence-corrected chi connectivity index (χ0v) is 13.0. The first-order chi connectivity index (χ1) is 10.6. The molecule has 0 aliphatic carbocycles. The Labute approximate surface area is 136 Å². The number of thioether (sulfide) groups is 1. The van der Waals surface area contributed by atoms with E-state index in [9.17, 15) is 4.39 Å². The molecule has 0 amide bonds. The summed E-state index contributed by atoms with van der Waals surface area (Å²) in [7, 11) is 0. The molecule has 4 nitrogen and oxygen atoms in total. The highest BCUT2D eigenvalue weighted by molar-refractivity contribution is 7.98. The third kappa shape index (κ3) is 3.23. The fourth-order valence-corrected chi connectivity index (χ4v) is 2.99. The number of benzene rings is 2. The standard InChI is InChI=1S/C15H12ClFN4S/c16-12-5-1-3-10(7-12)9-22-15-20-19-14(21(15)18)11-4-2-6-13(17)8-11/h1-8H,9,18H2. The molecule has 0 fully saturated rings. The molecule has 22 heavy (non-hydrogen) atoms. The molecule has 1 heterocycles. The summed E-state index contributed by atoms with van der Waals surface area (Å²) in [4.78, 5) is 0. The summed E-state index contributed by atoms with van der Waals surface area (Å²) in [5, 5.41) is 9.33. The smallest absolute Gasteiger partial charge is 0.210 e. The number of nitrogens with zero attached hydrogens (tertiary/aromatic N) is 3. The zero-order chi connectivity index (χ0) is 15.5. The van der Waals surface area contributed by atoms with Crippen LogP contribution in [-0.2, 0) is 5.75 Å². The molecule has 0 saturated carbocycles. The normalized spacial score (nSPS) is 10.8. The van der Waals surface area contributed by atoms with Crippen LogP contribution in [0.1, 0.15) is 5.56 Å². The molecule has 0 bridgehead atoms. The molecule has 0 radical (unpaired) electrons. The lowest BCUT2D eigenvalue weighted by Crippen LogP contribution is -2.11. The molecule has 1 aromatic heterocycles. The highest BCUT2D eigenvalue weighted by Gasteiger charge is 2.12. The van der Waals surface area contributed by atoms with Gasteiger partial charge in [-0.05, 0) is 29.8 Å². The Balaban J connectivity index is 1.79. The van der Waals surface area contributed by atoms with E-state index in [0.717, 1.165) is 5.56 Å². The Hall–Kier alpha value is -2.05. The van der Waals surface area contributed by atoms with Crippen LogP contribution in [0.2, 0.25) is 5.02 Å². The fraction of sp³-hybridized carbons (Fsp3) is 0.0667. The van der Waals surface area contributed by atoms with E-state index in [0.29, 0.717) is 27.3 Å². The van der Waals surface area contributed by atoms with Gasteiger partial charge in [0.2, 0.25) is 5.16 Å². The molecule has 0 saturated heterocycles. The molecule has 3 rings (SSSR count). The Morgan fingerprint density at radius 2 is 1.95 bits per heavy atom.